The maximum absolute atomic E-state index is 13.8. The number of hydrogen-bond donors (Lipinski definition) is 3. The highest BCUT2D eigenvalue weighted by Gasteiger charge is 2.50. The van der Waals surface area contributed by atoms with Gasteiger partial charge in [-0.2, -0.15) is 8.42 Å². The van der Waals surface area contributed by atoms with E-state index >= 15 is 0 Å². The SMILES string of the molecule is Cc1nc(S(=O)(=O)NC(=O)c2cccc(C(=O)N[C@@H](C(=O)N3CC[C@](O)(c4ccc(Cl)cc4)C(C)(C)C3)C(C)C)c2)cn1C. The van der Waals surface area contributed by atoms with Gasteiger partial charge in [0.2, 0.25) is 5.91 Å². The molecule has 0 unspecified atom stereocenters. The summed E-state index contributed by atoms with van der Waals surface area (Å²) in [6.07, 6.45) is 1.59. The maximum atomic E-state index is 13.8. The van der Waals surface area contributed by atoms with Crippen molar-refractivity contribution in [3.05, 3.63) is 82.3 Å². The molecule has 1 fully saturated rings. The summed E-state index contributed by atoms with van der Waals surface area (Å²) in [5, 5.41) is 14.8. The molecule has 0 aliphatic carbocycles. The number of carbonyl (C=O) groups excluding carboxylic acids is 3. The van der Waals surface area contributed by atoms with Gasteiger partial charge < -0.3 is 19.9 Å². The molecule has 0 radical (unpaired) electrons. The van der Waals surface area contributed by atoms with Crippen molar-refractivity contribution >= 4 is 39.3 Å². The van der Waals surface area contributed by atoms with Gasteiger partial charge in [0, 0.05) is 47.9 Å². The molecule has 0 spiro atoms. The second-order valence-electron chi connectivity index (χ2n) is 12.2. The van der Waals surface area contributed by atoms with Gasteiger partial charge >= 0.3 is 0 Å². The van der Waals surface area contributed by atoms with Crippen LogP contribution in [0, 0.1) is 18.3 Å². The number of aromatic nitrogens is 2. The van der Waals surface area contributed by atoms with Crippen LogP contribution >= 0.6 is 11.6 Å². The van der Waals surface area contributed by atoms with Crippen LogP contribution in [-0.2, 0) is 27.5 Å². The molecule has 1 aliphatic rings. The lowest BCUT2D eigenvalue weighted by Crippen LogP contribution is -2.60. The van der Waals surface area contributed by atoms with E-state index in [1.807, 2.05) is 32.4 Å². The molecule has 4 rings (SSSR count). The van der Waals surface area contributed by atoms with Crippen molar-refractivity contribution in [2.75, 3.05) is 13.1 Å². The molecule has 13 heteroatoms. The lowest BCUT2D eigenvalue weighted by atomic mass is 9.66. The first kappa shape index (κ1) is 33.2. The number of hydrogen-bond acceptors (Lipinski definition) is 7. The topological polar surface area (TPSA) is 151 Å². The molecule has 3 N–H and O–H groups in total. The quantitative estimate of drug-likeness (QED) is 0.340. The zero-order chi connectivity index (χ0) is 32.6. The van der Waals surface area contributed by atoms with Crippen molar-refractivity contribution in [1.82, 2.24) is 24.5 Å². The third-order valence-corrected chi connectivity index (χ3v) is 9.73. The molecule has 0 bridgehead atoms. The van der Waals surface area contributed by atoms with E-state index in [0.717, 1.165) is 5.56 Å². The minimum Gasteiger partial charge on any atom is -0.384 e. The third kappa shape index (κ3) is 6.67. The Morgan fingerprint density at radius 2 is 1.66 bits per heavy atom. The molecule has 3 amide bonds. The number of benzene rings is 2. The number of amides is 3. The number of likely N-dealkylation sites (tertiary alicyclic amines) is 1. The van der Waals surface area contributed by atoms with Crippen LogP contribution in [0.25, 0.3) is 0 Å². The maximum Gasteiger partial charge on any atom is 0.283 e. The Balaban J connectivity index is 1.47. The Bertz CT molecular complexity index is 1670. The van der Waals surface area contributed by atoms with Crippen LogP contribution in [0.15, 0.2) is 59.8 Å². The van der Waals surface area contributed by atoms with Crippen LogP contribution in [0.4, 0.5) is 0 Å². The predicted octanol–water partition coefficient (Wildman–Crippen LogP) is 3.40. The van der Waals surface area contributed by atoms with Gasteiger partial charge in [-0.15, -0.1) is 0 Å². The van der Waals surface area contributed by atoms with Crippen molar-refractivity contribution in [2.24, 2.45) is 18.4 Å². The van der Waals surface area contributed by atoms with E-state index in [9.17, 15) is 27.9 Å². The van der Waals surface area contributed by atoms with E-state index in [1.54, 1.807) is 43.1 Å². The van der Waals surface area contributed by atoms with Crippen molar-refractivity contribution in [2.45, 2.75) is 57.7 Å². The average molecular weight is 644 g/mol. The monoisotopic (exact) mass is 643 g/mol. The fourth-order valence-electron chi connectivity index (χ4n) is 5.40. The number of aryl methyl sites for hydroxylation is 2. The van der Waals surface area contributed by atoms with Crippen LogP contribution in [-0.4, -0.2) is 64.8 Å². The summed E-state index contributed by atoms with van der Waals surface area (Å²) in [7, 11) is -2.61. The van der Waals surface area contributed by atoms with E-state index in [2.05, 4.69) is 10.3 Å². The van der Waals surface area contributed by atoms with Gasteiger partial charge in [-0.3, -0.25) is 14.4 Å². The summed E-state index contributed by atoms with van der Waals surface area (Å²) in [6.45, 7) is 9.59. The number of aliphatic hydroxyl groups is 1. The Morgan fingerprint density at radius 3 is 2.20 bits per heavy atom. The van der Waals surface area contributed by atoms with Gasteiger partial charge in [-0.05, 0) is 55.2 Å². The van der Waals surface area contributed by atoms with Gasteiger partial charge in [0.15, 0.2) is 5.03 Å². The first-order valence-electron chi connectivity index (χ1n) is 14.2. The van der Waals surface area contributed by atoms with E-state index in [0.29, 0.717) is 17.3 Å². The number of nitrogens with zero attached hydrogens (tertiary/aromatic N) is 3. The molecule has 2 aromatic carbocycles. The standard InChI is InChI=1S/C31H38ClN5O6S/c1-19(2)26(29(40)37-15-14-31(41,30(4,5)18-37)23-10-12-24(32)13-11-23)34-27(38)21-8-7-9-22(16-21)28(39)35-44(42,43)25-17-36(6)20(3)33-25/h7-13,16-17,19,26,41H,14-15,18H2,1-6H3,(H,34,38)(H,35,39)/t26-,31+/m1/s1. The van der Waals surface area contributed by atoms with Crippen molar-refractivity contribution < 1.29 is 27.9 Å². The Labute approximate surface area is 262 Å². The molecule has 1 aromatic heterocycles. The second kappa shape index (κ2) is 12.3. The van der Waals surface area contributed by atoms with Crippen molar-refractivity contribution in [3.8, 4) is 0 Å². The highest BCUT2D eigenvalue weighted by atomic mass is 35.5. The summed E-state index contributed by atoms with van der Waals surface area (Å²) < 4.78 is 28.8. The van der Waals surface area contributed by atoms with Gasteiger partial charge in [-0.25, -0.2) is 9.71 Å². The second-order valence-corrected chi connectivity index (χ2v) is 14.3. The smallest absolute Gasteiger partial charge is 0.283 e. The Morgan fingerprint density at radius 1 is 1.05 bits per heavy atom. The number of nitrogens with one attached hydrogen (secondary N) is 2. The average Bonchev–Trinajstić information content (AvgIpc) is 3.31. The zero-order valence-electron chi connectivity index (χ0n) is 25.6. The fourth-order valence-corrected chi connectivity index (χ4v) is 6.54. The van der Waals surface area contributed by atoms with Crippen LogP contribution in [0.5, 0.6) is 0 Å². The molecule has 1 aliphatic heterocycles. The van der Waals surface area contributed by atoms with Gasteiger partial charge in [0.05, 0.1) is 5.60 Å². The van der Waals surface area contributed by atoms with Crippen LogP contribution in [0.1, 0.15) is 66.2 Å². The third-order valence-electron chi connectivity index (χ3n) is 8.28. The molecule has 44 heavy (non-hydrogen) atoms. The molecular weight excluding hydrogens is 606 g/mol. The number of carbonyl (C=O) groups is 3. The summed E-state index contributed by atoms with van der Waals surface area (Å²) in [4.78, 5) is 45.5. The number of imidazole rings is 1. The Kier molecular flexibility index (Phi) is 9.30. The number of piperidine rings is 1. The summed E-state index contributed by atoms with van der Waals surface area (Å²) in [5.74, 6) is -1.63. The van der Waals surface area contributed by atoms with E-state index in [-0.39, 0.29) is 41.1 Å². The molecule has 2 atom stereocenters. The number of sulfonamides is 1. The first-order chi connectivity index (χ1) is 20.4. The van der Waals surface area contributed by atoms with E-state index in [4.69, 9.17) is 11.6 Å². The van der Waals surface area contributed by atoms with Gasteiger partial charge in [-0.1, -0.05) is 57.5 Å². The molecule has 11 nitrogen and oxygen atoms in total. The van der Waals surface area contributed by atoms with E-state index < -0.39 is 38.9 Å². The Hall–Kier alpha value is -3.74. The molecule has 1 saturated heterocycles. The highest BCUT2D eigenvalue weighted by molar-refractivity contribution is 7.90. The summed E-state index contributed by atoms with van der Waals surface area (Å²) >= 11 is 6.04. The van der Waals surface area contributed by atoms with Crippen LogP contribution < -0.4 is 10.0 Å². The first-order valence-corrected chi connectivity index (χ1v) is 16.1. The summed E-state index contributed by atoms with van der Waals surface area (Å²) in [6, 6.07) is 11.7. The minimum atomic E-state index is -4.24. The largest absolute Gasteiger partial charge is 0.384 e. The molecular formula is C31H38ClN5O6S. The highest BCUT2D eigenvalue weighted by Crippen LogP contribution is 2.46. The molecule has 236 valence electrons. The fraction of sp³-hybridized carbons (Fsp3) is 0.419. The lowest BCUT2D eigenvalue weighted by Gasteiger charge is -2.51. The van der Waals surface area contributed by atoms with Crippen molar-refractivity contribution in [1.29, 1.82) is 0 Å². The van der Waals surface area contributed by atoms with Gasteiger partial charge in [0.1, 0.15) is 11.9 Å². The molecule has 3 aromatic rings. The van der Waals surface area contributed by atoms with Crippen LogP contribution in [0.3, 0.4) is 0 Å². The van der Waals surface area contributed by atoms with E-state index in [1.165, 1.54) is 35.0 Å². The predicted molar refractivity (Wildman–Crippen MR) is 165 cm³/mol. The van der Waals surface area contributed by atoms with Crippen molar-refractivity contribution in [3.63, 3.8) is 0 Å². The molecule has 0 saturated carbocycles. The lowest BCUT2D eigenvalue weighted by molar-refractivity contribution is -0.155. The van der Waals surface area contributed by atoms with Crippen LogP contribution in [0.2, 0.25) is 5.02 Å². The van der Waals surface area contributed by atoms with Gasteiger partial charge in [0.25, 0.3) is 21.8 Å². The molecule has 2 heterocycles. The minimum absolute atomic E-state index is 0.0550. The normalized spacial score (nSPS) is 19.0. The number of halogens is 1. The summed E-state index contributed by atoms with van der Waals surface area (Å²) in [5.41, 5.74) is -1.15. The number of rotatable bonds is 8. The zero-order valence-corrected chi connectivity index (χ0v) is 27.2.